The number of carbonyl (C=O) groups excluding carboxylic acids is 3. The van der Waals surface area contributed by atoms with E-state index >= 15 is 0 Å². The number of carbonyl (C=O) groups is 3. The molecular weight excluding hydrogens is 439 g/mol. The summed E-state index contributed by atoms with van der Waals surface area (Å²) in [6.45, 7) is 1.01. The Morgan fingerprint density at radius 1 is 1.03 bits per heavy atom. The van der Waals surface area contributed by atoms with Gasteiger partial charge in [-0.2, -0.15) is 0 Å². The number of halogens is 1. The second kappa shape index (κ2) is 11.0. The molecule has 0 aliphatic carbocycles. The minimum Gasteiger partial charge on any atom is -0.455 e. The van der Waals surface area contributed by atoms with Gasteiger partial charge in [0.15, 0.2) is 6.61 Å². The maximum Gasteiger partial charge on any atom is 0.322 e. The Balaban J connectivity index is 1.38. The van der Waals surface area contributed by atoms with Gasteiger partial charge < -0.3 is 14.5 Å². The van der Waals surface area contributed by atoms with Gasteiger partial charge >= 0.3 is 12.0 Å². The van der Waals surface area contributed by atoms with Crippen molar-refractivity contribution < 1.29 is 27.9 Å². The number of nitrogens with one attached hydrogen (secondary N) is 2. The molecule has 32 heavy (non-hydrogen) atoms. The number of hydrogen-bond acceptors (Lipinski definition) is 8. The summed E-state index contributed by atoms with van der Waals surface area (Å²) in [4.78, 5) is 35.9. The molecule has 1 heterocycles. The zero-order valence-corrected chi connectivity index (χ0v) is 17.7. The van der Waals surface area contributed by atoms with E-state index in [1.54, 1.807) is 19.1 Å². The number of thioether (sulfide) groups is 1. The molecule has 9 nitrogen and oxygen atoms in total. The second-order valence-corrected chi connectivity index (χ2v) is 7.77. The van der Waals surface area contributed by atoms with Gasteiger partial charge in [0.2, 0.25) is 11.8 Å². The van der Waals surface area contributed by atoms with E-state index in [0.717, 1.165) is 11.8 Å². The van der Waals surface area contributed by atoms with Crippen LogP contribution in [0.5, 0.6) is 0 Å². The Morgan fingerprint density at radius 2 is 1.75 bits per heavy atom. The van der Waals surface area contributed by atoms with Crippen LogP contribution in [0.25, 0.3) is 11.5 Å². The topological polar surface area (TPSA) is 123 Å². The monoisotopic (exact) mass is 458 g/mol. The Morgan fingerprint density at radius 3 is 2.47 bits per heavy atom. The highest BCUT2D eigenvalue weighted by Gasteiger charge is 2.19. The molecule has 3 aromatic rings. The number of benzene rings is 2. The van der Waals surface area contributed by atoms with Gasteiger partial charge in [-0.25, -0.2) is 4.39 Å². The van der Waals surface area contributed by atoms with Crippen molar-refractivity contribution in [3.8, 4) is 11.5 Å². The van der Waals surface area contributed by atoms with Crippen molar-refractivity contribution in [1.29, 1.82) is 0 Å². The van der Waals surface area contributed by atoms with Crippen molar-refractivity contribution in [3.05, 3.63) is 60.4 Å². The van der Waals surface area contributed by atoms with Gasteiger partial charge in [0.05, 0.1) is 5.75 Å². The van der Waals surface area contributed by atoms with Crippen LogP contribution in [0.3, 0.4) is 0 Å². The lowest BCUT2D eigenvalue weighted by Crippen LogP contribution is -2.26. The van der Waals surface area contributed by atoms with Crippen molar-refractivity contribution in [2.24, 2.45) is 0 Å². The van der Waals surface area contributed by atoms with E-state index in [1.807, 2.05) is 18.2 Å². The molecule has 1 aromatic heterocycles. The Bertz CT molecular complexity index is 1080. The molecule has 0 aliphatic heterocycles. The first-order valence-corrected chi connectivity index (χ1v) is 10.5. The molecule has 0 saturated carbocycles. The van der Waals surface area contributed by atoms with Crippen LogP contribution in [0.15, 0.2) is 59.0 Å². The molecule has 0 spiro atoms. The molecule has 0 radical (unpaired) electrons. The molecule has 2 aromatic carbocycles. The van der Waals surface area contributed by atoms with Gasteiger partial charge in [-0.05, 0) is 43.3 Å². The van der Waals surface area contributed by atoms with Crippen molar-refractivity contribution in [2.45, 2.75) is 12.2 Å². The molecule has 1 atom stereocenters. The predicted octanol–water partition coefficient (Wildman–Crippen LogP) is 3.12. The fraction of sp³-hybridized carbons (Fsp3) is 0.190. The van der Waals surface area contributed by atoms with Crippen LogP contribution in [-0.4, -0.2) is 45.6 Å². The van der Waals surface area contributed by atoms with Crippen molar-refractivity contribution in [3.63, 3.8) is 0 Å². The van der Waals surface area contributed by atoms with Crippen molar-refractivity contribution in [1.82, 2.24) is 10.2 Å². The average Bonchev–Trinajstić information content (AvgIpc) is 3.26. The van der Waals surface area contributed by atoms with Gasteiger partial charge in [-0.1, -0.05) is 23.3 Å². The van der Waals surface area contributed by atoms with Crippen LogP contribution in [0.2, 0.25) is 0 Å². The van der Waals surface area contributed by atoms with Crippen LogP contribution < -0.4 is 10.6 Å². The molecule has 0 saturated heterocycles. The van der Waals surface area contributed by atoms with Gasteiger partial charge in [-0.3, -0.25) is 19.7 Å². The van der Waals surface area contributed by atoms with Crippen LogP contribution in [-0.2, 0) is 19.1 Å². The number of ether oxygens (including phenoxy) is 1. The van der Waals surface area contributed by atoms with Crippen LogP contribution >= 0.6 is 11.8 Å². The number of rotatable bonds is 9. The van der Waals surface area contributed by atoms with Crippen LogP contribution in [0.1, 0.15) is 6.92 Å². The number of amides is 2. The normalized spacial score (nSPS) is 11.4. The Labute approximate surface area is 186 Å². The van der Waals surface area contributed by atoms with Gasteiger partial charge in [0.1, 0.15) is 11.1 Å². The fourth-order valence-electron chi connectivity index (χ4n) is 2.38. The summed E-state index contributed by atoms with van der Waals surface area (Å²) in [5, 5.41) is 11.8. The highest BCUT2D eigenvalue weighted by atomic mass is 32.2. The minimum atomic E-state index is -0.685. The molecule has 0 aliphatic rings. The molecule has 11 heteroatoms. The van der Waals surface area contributed by atoms with Gasteiger partial charge in [0.25, 0.3) is 5.91 Å². The lowest BCUT2D eigenvalue weighted by Gasteiger charge is -2.11. The predicted molar refractivity (Wildman–Crippen MR) is 116 cm³/mol. The first-order chi connectivity index (χ1) is 15.4. The summed E-state index contributed by atoms with van der Waals surface area (Å²) in [5.74, 6) is -1.85. The molecule has 0 bridgehead atoms. The number of hydrogen-bond donors (Lipinski definition) is 2. The van der Waals surface area contributed by atoms with E-state index in [-0.39, 0.29) is 23.6 Å². The zero-order chi connectivity index (χ0) is 22.9. The quantitative estimate of drug-likeness (QED) is 0.469. The largest absolute Gasteiger partial charge is 0.455 e. The molecular formula is C21H19FN4O5S. The maximum atomic E-state index is 12.9. The SMILES string of the molecule is C[C@H](SCC(=O)Nc1ccc(F)cc1)C(=O)OCC(=O)Nc1nnc(-c2ccccc2)o1. The smallest absolute Gasteiger partial charge is 0.322 e. The van der Waals surface area contributed by atoms with E-state index in [4.69, 9.17) is 9.15 Å². The summed E-state index contributed by atoms with van der Waals surface area (Å²) in [5.41, 5.74) is 1.14. The number of anilines is 2. The van der Waals surface area contributed by atoms with E-state index in [9.17, 15) is 18.8 Å². The van der Waals surface area contributed by atoms with Gasteiger partial charge in [-0.15, -0.1) is 16.9 Å². The Hall–Kier alpha value is -3.73. The van der Waals surface area contributed by atoms with Crippen molar-refractivity contribution in [2.75, 3.05) is 23.0 Å². The third kappa shape index (κ3) is 6.91. The minimum absolute atomic E-state index is 0.0237. The summed E-state index contributed by atoms with van der Waals surface area (Å²) >= 11 is 1.04. The van der Waals surface area contributed by atoms with E-state index in [1.165, 1.54) is 24.3 Å². The van der Waals surface area contributed by atoms with E-state index in [0.29, 0.717) is 11.3 Å². The number of nitrogens with zero attached hydrogens (tertiary/aromatic N) is 2. The first kappa shape index (κ1) is 22.9. The van der Waals surface area contributed by atoms with Crippen LogP contribution in [0.4, 0.5) is 16.1 Å². The van der Waals surface area contributed by atoms with E-state index < -0.39 is 29.6 Å². The number of aromatic nitrogens is 2. The van der Waals surface area contributed by atoms with Crippen LogP contribution in [0, 0.1) is 5.82 Å². The first-order valence-electron chi connectivity index (χ1n) is 9.43. The molecule has 0 unspecified atom stereocenters. The fourth-order valence-corrected chi connectivity index (χ4v) is 3.06. The third-order valence-electron chi connectivity index (χ3n) is 3.96. The molecule has 2 N–H and O–H groups in total. The molecule has 3 rings (SSSR count). The number of esters is 1. The average molecular weight is 458 g/mol. The lowest BCUT2D eigenvalue weighted by atomic mass is 10.2. The maximum absolute atomic E-state index is 12.9. The standard InChI is InChI=1S/C21H19FN4O5S/c1-13(32-12-18(28)23-16-9-7-15(22)8-10-16)20(29)30-11-17(27)24-21-26-25-19(31-21)14-5-3-2-4-6-14/h2-10,13H,11-12H2,1H3,(H,23,28)(H,24,26,27)/t13-/m0/s1. The highest BCUT2D eigenvalue weighted by molar-refractivity contribution is 8.01. The molecule has 0 fully saturated rings. The van der Waals surface area contributed by atoms with Gasteiger partial charge in [0, 0.05) is 11.3 Å². The Kier molecular flexibility index (Phi) is 7.92. The molecule has 2 amide bonds. The molecule has 166 valence electrons. The summed E-state index contributed by atoms with van der Waals surface area (Å²) in [7, 11) is 0. The lowest BCUT2D eigenvalue weighted by molar-refractivity contribution is -0.146. The van der Waals surface area contributed by atoms with E-state index in [2.05, 4.69) is 20.8 Å². The third-order valence-corrected chi connectivity index (χ3v) is 5.08. The summed E-state index contributed by atoms with van der Waals surface area (Å²) in [6, 6.07) is 14.2. The zero-order valence-electron chi connectivity index (χ0n) is 16.9. The highest BCUT2D eigenvalue weighted by Crippen LogP contribution is 2.19. The van der Waals surface area contributed by atoms with Crippen molar-refractivity contribution >= 4 is 41.2 Å². The second-order valence-electron chi connectivity index (χ2n) is 6.44. The summed E-state index contributed by atoms with van der Waals surface area (Å²) in [6.07, 6.45) is 0. The summed E-state index contributed by atoms with van der Waals surface area (Å²) < 4.78 is 23.2.